The number of hydrogen-bond donors (Lipinski definition) is 0. The molecule has 0 saturated heterocycles. The molecule has 0 aliphatic rings. The van der Waals surface area contributed by atoms with Gasteiger partial charge in [-0.25, -0.2) is 19.5 Å². The second-order valence-corrected chi connectivity index (χ2v) is 17.0. The average Bonchev–Trinajstić information content (AvgIpc) is 3.99. The molecule has 6 nitrogen and oxygen atoms in total. The molecule has 0 bridgehead atoms. The Balaban J connectivity index is 0.993. The number of benzene rings is 9. The van der Waals surface area contributed by atoms with Crippen LogP contribution in [0.3, 0.4) is 0 Å². The molecule has 6 heteroatoms. The van der Waals surface area contributed by atoms with E-state index in [1.165, 1.54) is 10.8 Å². The van der Waals surface area contributed by atoms with E-state index in [-0.39, 0.29) is 0 Å². The Morgan fingerprint density at radius 1 is 0.294 bits per heavy atom. The van der Waals surface area contributed by atoms with Crippen LogP contribution in [0.25, 0.3) is 123 Å². The van der Waals surface area contributed by atoms with E-state index in [0.29, 0.717) is 17.5 Å². The fourth-order valence-corrected chi connectivity index (χ4v) is 9.92. The predicted molar refractivity (Wildman–Crippen MR) is 278 cm³/mol. The first-order valence-corrected chi connectivity index (χ1v) is 22.9. The second kappa shape index (κ2) is 16.3. The second-order valence-electron chi connectivity index (χ2n) is 17.0. The summed E-state index contributed by atoms with van der Waals surface area (Å²) in [6.07, 6.45) is 0. The zero-order valence-electron chi connectivity index (χ0n) is 36.8. The molecule has 0 unspecified atom stereocenters. The molecular weight excluding hydrogens is 829 g/mol. The van der Waals surface area contributed by atoms with Crippen LogP contribution in [0.15, 0.2) is 243 Å². The topological polar surface area (TPSA) is 60.9 Å². The molecule has 0 saturated carbocycles. The van der Waals surface area contributed by atoms with Gasteiger partial charge in [0.25, 0.3) is 0 Å². The van der Waals surface area contributed by atoms with E-state index in [9.17, 15) is 0 Å². The van der Waals surface area contributed by atoms with Gasteiger partial charge in [0.05, 0.1) is 22.2 Å². The lowest BCUT2D eigenvalue weighted by Gasteiger charge is -2.18. The molecular formula is C62H40N6. The van der Waals surface area contributed by atoms with E-state index in [4.69, 9.17) is 20.1 Å². The SMILES string of the molecule is c1ccc(-c2nc(-c3ccc(-c4c(-c5ccccc5)n5nc(-c6ccccc6)c(-c6ccccc6)c5c5ccccc45)cc3)nc(-c3cccc(-n4c5ccccc5c5ccccc54)c3)n2)cc1. The standard InChI is InChI=1S/C62H40N6/c1-5-20-41(21-6-1)56-57(43-22-7-2-8-23-43)66-68-58(44-24-9-3-10-25-44)55(51-32-13-14-33-52(51)59(56)68)42-36-38-46(39-37-42)61-63-60(45-26-11-4-12-27-45)64-62(65-61)47-28-19-29-48(40-47)67-53-34-17-15-30-49(53)50-31-16-18-35-54(50)67/h1-40H. The van der Waals surface area contributed by atoms with Gasteiger partial charge in [-0.05, 0) is 40.8 Å². The Morgan fingerprint density at radius 2 is 0.721 bits per heavy atom. The molecule has 9 aromatic carbocycles. The third kappa shape index (κ3) is 6.58. The summed E-state index contributed by atoms with van der Waals surface area (Å²) in [5.41, 5.74) is 15.6. The molecule has 0 spiro atoms. The monoisotopic (exact) mass is 868 g/mol. The van der Waals surface area contributed by atoms with Gasteiger partial charge in [0.15, 0.2) is 17.5 Å². The molecule has 13 rings (SSSR count). The lowest BCUT2D eigenvalue weighted by Crippen LogP contribution is -2.01. The Labute approximate surface area is 392 Å². The smallest absolute Gasteiger partial charge is 0.164 e. The number of pyridine rings is 1. The number of nitrogens with zero attached hydrogens (tertiary/aromatic N) is 6. The summed E-state index contributed by atoms with van der Waals surface area (Å²) >= 11 is 0. The summed E-state index contributed by atoms with van der Waals surface area (Å²) in [7, 11) is 0. The Morgan fingerprint density at radius 3 is 1.32 bits per heavy atom. The van der Waals surface area contributed by atoms with Gasteiger partial charge in [0, 0.05) is 60.8 Å². The minimum atomic E-state index is 0.596. The molecule has 13 aromatic rings. The molecule has 318 valence electrons. The summed E-state index contributed by atoms with van der Waals surface area (Å²) in [6, 6.07) is 85.0. The van der Waals surface area contributed by atoms with E-state index in [0.717, 1.165) is 94.5 Å². The molecule has 4 heterocycles. The minimum absolute atomic E-state index is 0.596. The van der Waals surface area contributed by atoms with Crippen molar-refractivity contribution in [2.24, 2.45) is 0 Å². The maximum atomic E-state index is 5.55. The van der Waals surface area contributed by atoms with Crippen LogP contribution in [0.1, 0.15) is 0 Å². The Bertz CT molecular complexity index is 3940. The number of fused-ring (bicyclic) bond motifs is 6. The van der Waals surface area contributed by atoms with Gasteiger partial charge in [-0.3, -0.25) is 0 Å². The summed E-state index contributed by atoms with van der Waals surface area (Å²) < 4.78 is 4.51. The van der Waals surface area contributed by atoms with Crippen molar-refractivity contribution in [3.8, 4) is 84.6 Å². The molecule has 0 atom stereocenters. The molecule has 0 N–H and O–H groups in total. The van der Waals surface area contributed by atoms with Crippen molar-refractivity contribution in [2.45, 2.75) is 0 Å². The normalized spacial score (nSPS) is 11.5. The van der Waals surface area contributed by atoms with E-state index in [1.807, 2.05) is 18.2 Å². The highest BCUT2D eigenvalue weighted by molar-refractivity contribution is 6.15. The first kappa shape index (κ1) is 39.1. The lowest BCUT2D eigenvalue weighted by atomic mass is 9.91. The molecule has 0 aliphatic heterocycles. The van der Waals surface area contributed by atoms with Gasteiger partial charge in [-0.1, -0.05) is 218 Å². The highest BCUT2D eigenvalue weighted by Crippen LogP contribution is 2.46. The van der Waals surface area contributed by atoms with Gasteiger partial charge in [-0.15, -0.1) is 0 Å². The van der Waals surface area contributed by atoms with Gasteiger partial charge in [-0.2, -0.15) is 5.10 Å². The third-order valence-electron chi connectivity index (χ3n) is 13.0. The predicted octanol–water partition coefficient (Wildman–Crippen LogP) is 15.4. The first-order chi connectivity index (χ1) is 33.7. The summed E-state index contributed by atoms with van der Waals surface area (Å²) in [6.45, 7) is 0. The van der Waals surface area contributed by atoms with Gasteiger partial charge >= 0.3 is 0 Å². The zero-order chi connectivity index (χ0) is 45.0. The lowest BCUT2D eigenvalue weighted by molar-refractivity contribution is 0.981. The largest absolute Gasteiger partial charge is 0.309 e. The van der Waals surface area contributed by atoms with Crippen molar-refractivity contribution < 1.29 is 0 Å². The van der Waals surface area contributed by atoms with Crippen LogP contribution in [0.5, 0.6) is 0 Å². The highest BCUT2D eigenvalue weighted by Gasteiger charge is 2.25. The van der Waals surface area contributed by atoms with E-state index >= 15 is 0 Å². The van der Waals surface area contributed by atoms with Crippen LogP contribution < -0.4 is 0 Å². The van der Waals surface area contributed by atoms with Crippen molar-refractivity contribution in [3.63, 3.8) is 0 Å². The first-order valence-electron chi connectivity index (χ1n) is 22.9. The van der Waals surface area contributed by atoms with Crippen LogP contribution in [-0.4, -0.2) is 29.1 Å². The fraction of sp³-hybridized carbons (Fsp3) is 0. The van der Waals surface area contributed by atoms with Gasteiger partial charge < -0.3 is 4.57 Å². The van der Waals surface area contributed by atoms with E-state index in [2.05, 4.69) is 234 Å². The third-order valence-corrected chi connectivity index (χ3v) is 13.0. The molecule has 0 fully saturated rings. The zero-order valence-corrected chi connectivity index (χ0v) is 36.8. The van der Waals surface area contributed by atoms with Crippen LogP contribution in [0.2, 0.25) is 0 Å². The highest BCUT2D eigenvalue weighted by atomic mass is 15.2. The molecule has 0 amide bonds. The van der Waals surface area contributed by atoms with E-state index in [1.54, 1.807) is 0 Å². The van der Waals surface area contributed by atoms with E-state index < -0.39 is 0 Å². The van der Waals surface area contributed by atoms with Crippen LogP contribution in [-0.2, 0) is 0 Å². The molecule has 4 aromatic heterocycles. The minimum Gasteiger partial charge on any atom is -0.309 e. The summed E-state index contributed by atoms with van der Waals surface area (Å²) in [5, 5.41) is 10.2. The van der Waals surface area contributed by atoms with Crippen LogP contribution >= 0.6 is 0 Å². The number of rotatable bonds is 8. The average molecular weight is 869 g/mol. The summed E-state index contributed by atoms with van der Waals surface area (Å²) in [4.78, 5) is 15.5. The maximum absolute atomic E-state index is 5.55. The summed E-state index contributed by atoms with van der Waals surface area (Å²) in [5.74, 6) is 1.81. The van der Waals surface area contributed by atoms with Crippen molar-refractivity contribution in [2.75, 3.05) is 0 Å². The van der Waals surface area contributed by atoms with Gasteiger partial charge in [0.2, 0.25) is 0 Å². The molecule has 0 aliphatic carbocycles. The molecule has 0 radical (unpaired) electrons. The van der Waals surface area contributed by atoms with Crippen molar-refractivity contribution in [3.05, 3.63) is 243 Å². The van der Waals surface area contributed by atoms with Gasteiger partial charge in [0.1, 0.15) is 5.69 Å². The molecule has 68 heavy (non-hydrogen) atoms. The fourth-order valence-electron chi connectivity index (χ4n) is 9.92. The number of para-hydroxylation sites is 2. The Hall–Kier alpha value is -9.26. The van der Waals surface area contributed by atoms with Crippen LogP contribution in [0, 0.1) is 0 Å². The van der Waals surface area contributed by atoms with Crippen molar-refractivity contribution in [1.82, 2.24) is 29.1 Å². The van der Waals surface area contributed by atoms with Crippen molar-refractivity contribution in [1.29, 1.82) is 0 Å². The number of hydrogen-bond acceptors (Lipinski definition) is 4. The Kier molecular flexibility index (Phi) is 9.39. The maximum Gasteiger partial charge on any atom is 0.164 e. The van der Waals surface area contributed by atoms with Crippen molar-refractivity contribution >= 4 is 38.1 Å². The van der Waals surface area contributed by atoms with Crippen LogP contribution in [0.4, 0.5) is 0 Å². The number of aromatic nitrogens is 6. The quantitative estimate of drug-likeness (QED) is 0.153.